The first kappa shape index (κ1) is 21.2. The maximum atomic E-state index is 12.4. The number of hydrogen-bond acceptors (Lipinski definition) is 5. The molecule has 0 aliphatic heterocycles. The number of nitrogens with zero attached hydrogens (tertiary/aromatic N) is 1. The normalized spacial score (nSPS) is 15.3. The summed E-state index contributed by atoms with van der Waals surface area (Å²) < 4.78 is 28.9. The number of nitrogens with one attached hydrogen (secondary N) is 2. The number of alkyl halides is 2. The van der Waals surface area contributed by atoms with Crippen molar-refractivity contribution in [3.05, 3.63) is 29.1 Å². The molecule has 0 unspecified atom stereocenters. The molecule has 3 rings (SSSR count). The van der Waals surface area contributed by atoms with E-state index in [-0.39, 0.29) is 23.5 Å². The third kappa shape index (κ3) is 5.50. The Morgan fingerprint density at radius 3 is 2.48 bits per heavy atom. The average molecular weight is 423 g/mol. The molecule has 1 heterocycles. The van der Waals surface area contributed by atoms with Gasteiger partial charge in [0.05, 0.1) is 5.69 Å². The van der Waals surface area contributed by atoms with Gasteiger partial charge in [-0.25, -0.2) is 4.98 Å². The van der Waals surface area contributed by atoms with Gasteiger partial charge in [-0.3, -0.25) is 9.59 Å². The highest BCUT2D eigenvalue weighted by molar-refractivity contribution is 7.16. The van der Waals surface area contributed by atoms with Crippen molar-refractivity contribution >= 4 is 28.3 Å². The fourth-order valence-corrected chi connectivity index (χ4v) is 4.15. The van der Waals surface area contributed by atoms with Gasteiger partial charge in [0.1, 0.15) is 11.8 Å². The van der Waals surface area contributed by atoms with Crippen LogP contribution in [0.15, 0.2) is 24.3 Å². The van der Waals surface area contributed by atoms with Crippen molar-refractivity contribution in [3.63, 3.8) is 0 Å². The lowest BCUT2D eigenvalue weighted by molar-refractivity contribution is -0.128. The predicted octanol–water partition coefficient (Wildman–Crippen LogP) is 4.35. The highest BCUT2D eigenvalue weighted by Gasteiger charge is 2.26. The van der Waals surface area contributed by atoms with Gasteiger partial charge in [0.2, 0.25) is 11.8 Å². The molecule has 9 heteroatoms. The first-order chi connectivity index (χ1) is 13.8. The zero-order valence-corrected chi connectivity index (χ0v) is 17.0. The van der Waals surface area contributed by atoms with Crippen LogP contribution in [-0.2, 0) is 9.59 Å². The second kappa shape index (κ2) is 9.30. The number of halogens is 2. The quantitative estimate of drug-likeness (QED) is 0.694. The molecular formula is C20H23F2N3O3S. The van der Waals surface area contributed by atoms with Crippen LogP contribution in [0, 0.1) is 12.8 Å². The van der Waals surface area contributed by atoms with Gasteiger partial charge in [0, 0.05) is 16.4 Å². The van der Waals surface area contributed by atoms with Crippen LogP contribution in [-0.4, -0.2) is 29.5 Å². The minimum atomic E-state index is -2.88. The van der Waals surface area contributed by atoms with Crippen LogP contribution in [0.25, 0.3) is 11.3 Å². The summed E-state index contributed by atoms with van der Waals surface area (Å²) in [4.78, 5) is 29.9. The van der Waals surface area contributed by atoms with Crippen LogP contribution < -0.4 is 15.4 Å². The van der Waals surface area contributed by atoms with E-state index in [9.17, 15) is 18.4 Å². The molecule has 0 bridgehead atoms. The molecule has 2 N–H and O–H groups in total. The Kier molecular flexibility index (Phi) is 6.79. The van der Waals surface area contributed by atoms with Gasteiger partial charge in [-0.05, 0) is 51.0 Å². The summed E-state index contributed by atoms with van der Waals surface area (Å²) in [6, 6.07) is 5.49. The van der Waals surface area contributed by atoms with Gasteiger partial charge in [-0.1, -0.05) is 12.8 Å². The second-order valence-electron chi connectivity index (χ2n) is 7.03. The molecule has 1 atom stereocenters. The summed E-state index contributed by atoms with van der Waals surface area (Å²) in [6.07, 6.45) is 3.84. The zero-order chi connectivity index (χ0) is 21.0. The largest absolute Gasteiger partial charge is 0.435 e. The van der Waals surface area contributed by atoms with Crippen molar-refractivity contribution in [2.75, 3.05) is 5.32 Å². The van der Waals surface area contributed by atoms with Crippen LogP contribution in [0.4, 0.5) is 13.9 Å². The molecule has 6 nitrogen and oxygen atoms in total. The summed E-state index contributed by atoms with van der Waals surface area (Å²) in [7, 11) is 0. The predicted molar refractivity (Wildman–Crippen MR) is 107 cm³/mol. The van der Waals surface area contributed by atoms with E-state index in [1.807, 2.05) is 6.92 Å². The van der Waals surface area contributed by atoms with Crippen molar-refractivity contribution in [1.82, 2.24) is 10.3 Å². The highest BCUT2D eigenvalue weighted by atomic mass is 32.1. The number of ether oxygens (including phenoxy) is 1. The van der Waals surface area contributed by atoms with Crippen molar-refractivity contribution < 1.29 is 23.1 Å². The maximum Gasteiger partial charge on any atom is 0.387 e. The van der Waals surface area contributed by atoms with Crippen LogP contribution in [0.5, 0.6) is 5.75 Å². The van der Waals surface area contributed by atoms with Crippen molar-refractivity contribution in [1.29, 1.82) is 0 Å². The monoisotopic (exact) mass is 423 g/mol. The molecule has 1 aliphatic rings. The van der Waals surface area contributed by atoms with Gasteiger partial charge in [-0.15, -0.1) is 11.3 Å². The molecule has 1 aliphatic carbocycles. The molecule has 156 valence electrons. The molecule has 1 saturated carbocycles. The molecule has 0 spiro atoms. The van der Waals surface area contributed by atoms with Gasteiger partial charge in [0.25, 0.3) is 0 Å². The fraction of sp³-hybridized carbons (Fsp3) is 0.450. The molecule has 0 saturated heterocycles. The fourth-order valence-electron chi connectivity index (χ4n) is 3.31. The Labute approximate surface area is 171 Å². The summed E-state index contributed by atoms with van der Waals surface area (Å²) in [5.41, 5.74) is 1.37. The lowest BCUT2D eigenvalue weighted by Crippen LogP contribution is -2.43. The molecule has 2 aromatic rings. The molecular weight excluding hydrogens is 400 g/mol. The van der Waals surface area contributed by atoms with E-state index in [0.717, 1.165) is 36.1 Å². The number of anilines is 1. The van der Waals surface area contributed by atoms with Crippen LogP contribution in [0.1, 0.15) is 37.5 Å². The van der Waals surface area contributed by atoms with Gasteiger partial charge >= 0.3 is 6.61 Å². The van der Waals surface area contributed by atoms with Crippen LogP contribution in [0.2, 0.25) is 0 Å². The summed E-state index contributed by atoms with van der Waals surface area (Å²) >= 11 is 1.31. The smallest absolute Gasteiger partial charge is 0.387 e. The molecule has 2 amide bonds. The molecule has 1 aromatic heterocycles. The van der Waals surface area contributed by atoms with Crippen LogP contribution in [0.3, 0.4) is 0 Å². The number of benzene rings is 1. The highest BCUT2D eigenvalue weighted by Crippen LogP contribution is 2.31. The Morgan fingerprint density at radius 2 is 1.86 bits per heavy atom. The summed E-state index contributed by atoms with van der Waals surface area (Å²) in [5.74, 6) is -0.349. The van der Waals surface area contributed by atoms with E-state index >= 15 is 0 Å². The lowest BCUT2D eigenvalue weighted by Gasteiger charge is -2.16. The second-order valence-corrected chi connectivity index (χ2v) is 8.23. The van der Waals surface area contributed by atoms with Gasteiger partial charge in [0.15, 0.2) is 5.13 Å². The number of amides is 2. The lowest BCUT2D eigenvalue weighted by atomic mass is 10.1. The van der Waals surface area contributed by atoms with Crippen molar-refractivity contribution in [2.45, 2.75) is 52.2 Å². The molecule has 1 aromatic carbocycles. The Bertz CT molecular complexity index is 864. The summed E-state index contributed by atoms with van der Waals surface area (Å²) in [5, 5.41) is 5.92. The Morgan fingerprint density at radius 1 is 1.21 bits per heavy atom. The Hall–Kier alpha value is -2.55. The van der Waals surface area contributed by atoms with E-state index < -0.39 is 12.7 Å². The average Bonchev–Trinajstić information content (AvgIpc) is 3.32. The molecule has 0 radical (unpaired) electrons. The van der Waals surface area contributed by atoms with E-state index in [4.69, 9.17) is 0 Å². The molecule has 29 heavy (non-hydrogen) atoms. The van der Waals surface area contributed by atoms with Crippen molar-refractivity contribution in [3.8, 4) is 17.0 Å². The third-order valence-corrected chi connectivity index (χ3v) is 5.74. The standard InChI is InChI=1S/C20H23F2N3O3S/c1-11(23-18(27)14-5-3-4-6-14)17(26)25-20-24-16(12(2)29-20)13-7-9-15(10-8-13)28-19(21)22/h7-11,14,19H,3-6H2,1-2H3,(H,23,27)(H,24,25,26)/t11-/m0/s1. The third-order valence-electron chi connectivity index (χ3n) is 4.86. The van der Waals surface area contributed by atoms with E-state index in [0.29, 0.717) is 10.8 Å². The topological polar surface area (TPSA) is 80.3 Å². The molecule has 1 fully saturated rings. The number of carbonyl (C=O) groups is 2. The van der Waals surface area contributed by atoms with Crippen molar-refractivity contribution in [2.24, 2.45) is 5.92 Å². The Balaban J connectivity index is 1.62. The SMILES string of the molecule is Cc1sc(NC(=O)[C@H](C)NC(=O)C2CCCC2)nc1-c1ccc(OC(F)F)cc1. The number of carbonyl (C=O) groups excluding carboxylic acids is 2. The number of thiazole rings is 1. The number of aromatic nitrogens is 1. The van der Waals surface area contributed by atoms with Gasteiger partial charge in [-0.2, -0.15) is 8.78 Å². The van der Waals surface area contributed by atoms with Gasteiger partial charge < -0.3 is 15.4 Å². The van der Waals surface area contributed by atoms with Crippen LogP contribution >= 0.6 is 11.3 Å². The minimum absolute atomic E-state index is 0.00372. The van der Waals surface area contributed by atoms with E-state index in [2.05, 4.69) is 20.4 Å². The number of rotatable bonds is 7. The minimum Gasteiger partial charge on any atom is -0.435 e. The first-order valence-corrected chi connectivity index (χ1v) is 10.3. The first-order valence-electron chi connectivity index (χ1n) is 9.47. The zero-order valence-electron chi connectivity index (χ0n) is 16.2. The van der Waals surface area contributed by atoms with E-state index in [1.54, 1.807) is 19.1 Å². The maximum absolute atomic E-state index is 12.4. The number of aryl methyl sites for hydroxylation is 1. The summed E-state index contributed by atoms with van der Waals surface area (Å²) in [6.45, 7) is 0.628. The number of hydrogen-bond donors (Lipinski definition) is 2. The van der Waals surface area contributed by atoms with E-state index in [1.165, 1.54) is 23.5 Å².